The number of nitrogens with zero attached hydrogens (tertiary/aromatic N) is 5. The molecule has 28 heavy (non-hydrogen) atoms. The van der Waals surface area contributed by atoms with E-state index in [0.717, 1.165) is 25.4 Å². The molecule has 4 rings (SSSR count). The Morgan fingerprint density at radius 3 is 2.93 bits per heavy atom. The summed E-state index contributed by atoms with van der Waals surface area (Å²) in [5, 5.41) is 14.4. The van der Waals surface area contributed by atoms with Crippen LogP contribution in [0.3, 0.4) is 0 Å². The van der Waals surface area contributed by atoms with Crippen molar-refractivity contribution in [1.82, 2.24) is 25.1 Å². The lowest BCUT2D eigenvalue weighted by molar-refractivity contribution is 0.234. The first-order valence-electron chi connectivity index (χ1n) is 9.44. The Labute approximate surface area is 173 Å². The molecule has 0 bridgehead atoms. The molecule has 0 saturated carbocycles. The number of benzene rings is 1. The van der Waals surface area contributed by atoms with Gasteiger partial charge in [-0.2, -0.15) is 0 Å². The SMILES string of the molecule is O=C(NCCN1CCCC1)N1CCSc2nnc(COc3cccc(Cl)c3)n21. The molecule has 1 fully saturated rings. The molecule has 0 aliphatic carbocycles. The van der Waals surface area contributed by atoms with Gasteiger partial charge in [0.15, 0.2) is 5.82 Å². The van der Waals surface area contributed by atoms with Gasteiger partial charge < -0.3 is 15.0 Å². The van der Waals surface area contributed by atoms with Crippen molar-refractivity contribution in [2.24, 2.45) is 0 Å². The van der Waals surface area contributed by atoms with Crippen molar-refractivity contribution in [3.8, 4) is 5.75 Å². The first kappa shape index (κ1) is 19.4. The average molecular weight is 423 g/mol. The molecule has 1 aromatic heterocycles. The van der Waals surface area contributed by atoms with Gasteiger partial charge in [0.1, 0.15) is 12.4 Å². The molecule has 10 heteroatoms. The van der Waals surface area contributed by atoms with Gasteiger partial charge in [0.2, 0.25) is 5.16 Å². The molecule has 1 aromatic carbocycles. The van der Waals surface area contributed by atoms with Gasteiger partial charge in [-0.15, -0.1) is 10.2 Å². The Kier molecular flexibility index (Phi) is 6.23. The molecular formula is C18H23ClN6O2S. The number of rotatable bonds is 6. The number of hydrogen-bond donors (Lipinski definition) is 1. The van der Waals surface area contributed by atoms with Gasteiger partial charge in [-0.3, -0.25) is 0 Å². The topological polar surface area (TPSA) is 75.5 Å². The summed E-state index contributed by atoms with van der Waals surface area (Å²) in [6.07, 6.45) is 2.49. The molecule has 1 saturated heterocycles. The fraction of sp³-hybridized carbons (Fsp3) is 0.500. The van der Waals surface area contributed by atoms with E-state index in [1.807, 2.05) is 12.1 Å². The minimum absolute atomic E-state index is 0.135. The van der Waals surface area contributed by atoms with E-state index < -0.39 is 0 Å². The van der Waals surface area contributed by atoms with Crippen molar-refractivity contribution in [1.29, 1.82) is 0 Å². The first-order valence-corrected chi connectivity index (χ1v) is 10.8. The highest BCUT2D eigenvalue weighted by atomic mass is 35.5. The van der Waals surface area contributed by atoms with Gasteiger partial charge in [-0.05, 0) is 44.1 Å². The van der Waals surface area contributed by atoms with E-state index in [9.17, 15) is 4.79 Å². The lowest BCUT2D eigenvalue weighted by Crippen LogP contribution is -2.51. The maximum atomic E-state index is 12.8. The Bertz CT molecular complexity index is 826. The molecule has 1 N–H and O–H groups in total. The summed E-state index contributed by atoms with van der Waals surface area (Å²) in [4.78, 5) is 15.1. The minimum Gasteiger partial charge on any atom is -0.485 e. The van der Waals surface area contributed by atoms with Crippen LogP contribution in [0.5, 0.6) is 5.75 Å². The summed E-state index contributed by atoms with van der Waals surface area (Å²) < 4.78 is 7.55. The number of fused-ring (bicyclic) bond motifs is 1. The van der Waals surface area contributed by atoms with Crippen molar-refractivity contribution < 1.29 is 9.53 Å². The minimum atomic E-state index is -0.135. The smallest absolute Gasteiger partial charge is 0.336 e. The summed E-state index contributed by atoms with van der Waals surface area (Å²) in [5.74, 6) is 2.01. The largest absolute Gasteiger partial charge is 0.485 e. The van der Waals surface area contributed by atoms with Gasteiger partial charge in [-0.25, -0.2) is 14.5 Å². The second kappa shape index (κ2) is 9.02. The van der Waals surface area contributed by atoms with Crippen molar-refractivity contribution in [3.05, 3.63) is 35.1 Å². The maximum absolute atomic E-state index is 12.8. The molecule has 3 heterocycles. The Hall–Kier alpha value is -1.97. The van der Waals surface area contributed by atoms with Crippen LogP contribution in [0.25, 0.3) is 0 Å². The van der Waals surface area contributed by atoms with E-state index in [4.69, 9.17) is 16.3 Å². The molecular weight excluding hydrogens is 400 g/mol. The van der Waals surface area contributed by atoms with Crippen LogP contribution in [0.1, 0.15) is 18.7 Å². The molecule has 2 aliphatic heterocycles. The van der Waals surface area contributed by atoms with Crippen molar-refractivity contribution >= 4 is 29.4 Å². The van der Waals surface area contributed by atoms with Crippen LogP contribution in [0.2, 0.25) is 5.02 Å². The second-order valence-electron chi connectivity index (χ2n) is 6.71. The molecule has 0 radical (unpaired) electrons. The van der Waals surface area contributed by atoms with E-state index in [2.05, 4.69) is 20.4 Å². The molecule has 0 atom stereocenters. The molecule has 2 amide bonds. The first-order chi connectivity index (χ1) is 13.7. The predicted octanol–water partition coefficient (Wildman–Crippen LogP) is 2.36. The Balaban J connectivity index is 1.39. The lowest BCUT2D eigenvalue weighted by Gasteiger charge is -2.29. The van der Waals surface area contributed by atoms with E-state index >= 15 is 0 Å². The van der Waals surface area contributed by atoms with E-state index in [1.54, 1.807) is 33.6 Å². The summed E-state index contributed by atoms with van der Waals surface area (Å²) in [7, 11) is 0. The summed E-state index contributed by atoms with van der Waals surface area (Å²) in [6.45, 7) is 4.55. The van der Waals surface area contributed by atoms with Gasteiger partial charge >= 0.3 is 6.03 Å². The molecule has 0 unspecified atom stereocenters. The molecule has 150 valence electrons. The third kappa shape index (κ3) is 4.53. The normalized spacial score (nSPS) is 16.8. The fourth-order valence-corrected chi connectivity index (χ4v) is 4.41. The standard InChI is InChI=1S/C18H23ClN6O2S/c19-14-4-3-5-15(12-14)27-13-16-21-22-18-25(16)24(10-11-28-18)17(26)20-6-9-23-7-1-2-8-23/h3-5,12H,1-2,6-11,13H2,(H,20,26). The zero-order valence-corrected chi connectivity index (χ0v) is 17.1. The highest BCUT2D eigenvalue weighted by Crippen LogP contribution is 2.24. The molecule has 8 nitrogen and oxygen atoms in total. The van der Waals surface area contributed by atoms with Crippen molar-refractivity contribution in [2.75, 3.05) is 43.5 Å². The monoisotopic (exact) mass is 422 g/mol. The summed E-state index contributed by atoms with van der Waals surface area (Å²) in [5.41, 5.74) is 0. The van der Waals surface area contributed by atoms with Crippen LogP contribution in [0, 0.1) is 0 Å². The quantitative estimate of drug-likeness (QED) is 0.770. The van der Waals surface area contributed by atoms with Gasteiger partial charge in [0.05, 0.1) is 6.54 Å². The van der Waals surface area contributed by atoms with E-state index in [1.165, 1.54) is 12.8 Å². The summed E-state index contributed by atoms with van der Waals surface area (Å²) in [6, 6.07) is 7.05. The predicted molar refractivity (Wildman–Crippen MR) is 109 cm³/mol. The Morgan fingerprint density at radius 1 is 1.25 bits per heavy atom. The number of urea groups is 1. The van der Waals surface area contributed by atoms with Crippen LogP contribution in [0.4, 0.5) is 4.79 Å². The molecule has 2 aromatic rings. The van der Waals surface area contributed by atoms with Crippen molar-refractivity contribution in [2.45, 2.75) is 24.6 Å². The van der Waals surface area contributed by atoms with Crippen LogP contribution in [-0.2, 0) is 6.61 Å². The van der Waals surface area contributed by atoms with Crippen LogP contribution in [0.15, 0.2) is 29.4 Å². The number of likely N-dealkylation sites (tertiary alicyclic amines) is 1. The number of aromatic nitrogens is 3. The zero-order chi connectivity index (χ0) is 19.3. The van der Waals surface area contributed by atoms with E-state index in [0.29, 0.717) is 34.8 Å². The number of nitrogens with one attached hydrogen (secondary N) is 1. The average Bonchev–Trinajstić information content (AvgIpc) is 3.36. The number of carbonyl (C=O) groups excluding carboxylic acids is 1. The maximum Gasteiger partial charge on any atom is 0.336 e. The second-order valence-corrected chi connectivity index (χ2v) is 8.21. The van der Waals surface area contributed by atoms with Crippen LogP contribution in [-0.4, -0.2) is 64.3 Å². The third-order valence-electron chi connectivity index (χ3n) is 4.75. The lowest BCUT2D eigenvalue weighted by atomic mass is 10.3. The third-order valence-corrected chi connectivity index (χ3v) is 5.89. The number of amides is 2. The van der Waals surface area contributed by atoms with Gasteiger partial charge in [0, 0.05) is 23.9 Å². The van der Waals surface area contributed by atoms with Gasteiger partial charge in [0.25, 0.3) is 0 Å². The number of hydrogen-bond acceptors (Lipinski definition) is 6. The number of carbonyl (C=O) groups is 1. The number of halogens is 1. The summed E-state index contributed by atoms with van der Waals surface area (Å²) >= 11 is 7.58. The molecule has 2 aliphatic rings. The Morgan fingerprint density at radius 2 is 2.11 bits per heavy atom. The zero-order valence-electron chi connectivity index (χ0n) is 15.5. The molecule has 0 spiro atoms. The number of thioether (sulfide) groups is 1. The van der Waals surface area contributed by atoms with E-state index in [-0.39, 0.29) is 12.6 Å². The fourth-order valence-electron chi connectivity index (χ4n) is 3.36. The number of ether oxygens (including phenoxy) is 1. The van der Waals surface area contributed by atoms with Crippen LogP contribution < -0.4 is 15.1 Å². The highest BCUT2D eigenvalue weighted by molar-refractivity contribution is 7.99. The van der Waals surface area contributed by atoms with Gasteiger partial charge in [-0.1, -0.05) is 29.4 Å². The van der Waals surface area contributed by atoms with Crippen LogP contribution >= 0.6 is 23.4 Å². The highest BCUT2D eigenvalue weighted by Gasteiger charge is 2.27. The van der Waals surface area contributed by atoms with Crippen molar-refractivity contribution in [3.63, 3.8) is 0 Å².